The lowest BCUT2D eigenvalue weighted by Crippen LogP contribution is -2.21. The van der Waals surface area contributed by atoms with Crippen molar-refractivity contribution in [3.63, 3.8) is 0 Å². The number of rotatable bonds is 6. The van der Waals surface area contributed by atoms with Crippen LogP contribution in [-0.4, -0.2) is 23.4 Å². The fourth-order valence-corrected chi connectivity index (χ4v) is 2.74. The monoisotopic (exact) mass is 406 g/mol. The number of aromatic nitrogens is 1. The predicted molar refractivity (Wildman–Crippen MR) is 101 cm³/mol. The highest BCUT2D eigenvalue weighted by molar-refractivity contribution is 5.92. The molecule has 0 spiro atoms. The standard InChI is InChI=1S/C20H17F3N2O4/c1-2-25-11-10-15-16(19(25)27)4-3-5-17(15)28-12-18(26)24-13-6-8-14(9-7-13)29-20(21,22)23/h3-11H,2,12H2,1H3,(H,24,26). The summed E-state index contributed by atoms with van der Waals surface area (Å²) in [5.74, 6) is -0.513. The molecule has 3 aromatic rings. The van der Waals surface area contributed by atoms with Crippen molar-refractivity contribution in [2.75, 3.05) is 11.9 Å². The molecule has 6 nitrogen and oxygen atoms in total. The van der Waals surface area contributed by atoms with Gasteiger partial charge in [-0.3, -0.25) is 9.59 Å². The van der Waals surface area contributed by atoms with E-state index in [0.717, 1.165) is 12.1 Å². The Hall–Kier alpha value is -3.49. The minimum atomic E-state index is -4.78. The third kappa shape index (κ3) is 5.07. The molecule has 1 amide bonds. The van der Waals surface area contributed by atoms with Gasteiger partial charge in [-0.05, 0) is 49.4 Å². The molecule has 0 fully saturated rings. The van der Waals surface area contributed by atoms with Gasteiger partial charge < -0.3 is 19.4 Å². The van der Waals surface area contributed by atoms with Gasteiger partial charge in [0.15, 0.2) is 6.61 Å². The topological polar surface area (TPSA) is 69.6 Å². The second kappa shape index (κ2) is 8.26. The van der Waals surface area contributed by atoms with E-state index in [2.05, 4.69) is 10.1 Å². The number of ether oxygens (including phenoxy) is 2. The highest BCUT2D eigenvalue weighted by Crippen LogP contribution is 2.25. The summed E-state index contributed by atoms with van der Waals surface area (Å²) in [6.07, 6.45) is -3.13. The molecule has 0 bridgehead atoms. The van der Waals surface area contributed by atoms with E-state index < -0.39 is 12.3 Å². The zero-order chi connectivity index (χ0) is 21.0. The molecule has 0 aliphatic rings. The first kappa shape index (κ1) is 20.2. The van der Waals surface area contributed by atoms with Gasteiger partial charge in [-0.25, -0.2) is 0 Å². The van der Waals surface area contributed by atoms with Crippen molar-refractivity contribution in [2.24, 2.45) is 0 Å². The quantitative estimate of drug-likeness (QED) is 0.673. The predicted octanol–water partition coefficient (Wildman–Crippen LogP) is 3.94. The first-order valence-electron chi connectivity index (χ1n) is 8.67. The summed E-state index contributed by atoms with van der Waals surface area (Å²) >= 11 is 0. The van der Waals surface area contributed by atoms with Crippen LogP contribution in [0.5, 0.6) is 11.5 Å². The zero-order valence-electron chi connectivity index (χ0n) is 15.3. The van der Waals surface area contributed by atoms with E-state index >= 15 is 0 Å². The van der Waals surface area contributed by atoms with Crippen LogP contribution in [0.4, 0.5) is 18.9 Å². The molecule has 1 N–H and O–H groups in total. The van der Waals surface area contributed by atoms with E-state index in [1.165, 1.54) is 12.1 Å². The number of amides is 1. The second-order valence-electron chi connectivity index (χ2n) is 6.03. The normalized spacial score (nSPS) is 11.3. The Labute approximate surface area is 163 Å². The maximum Gasteiger partial charge on any atom is 0.573 e. The van der Waals surface area contributed by atoms with Crippen molar-refractivity contribution < 1.29 is 27.4 Å². The van der Waals surface area contributed by atoms with Gasteiger partial charge in [-0.1, -0.05) is 6.07 Å². The average molecular weight is 406 g/mol. The van der Waals surface area contributed by atoms with Crippen LogP contribution in [0.15, 0.2) is 59.5 Å². The lowest BCUT2D eigenvalue weighted by Gasteiger charge is -2.12. The molecule has 0 unspecified atom stereocenters. The van der Waals surface area contributed by atoms with Gasteiger partial charge in [0.25, 0.3) is 11.5 Å². The molecule has 0 atom stereocenters. The first-order valence-corrected chi connectivity index (χ1v) is 8.67. The Morgan fingerprint density at radius 2 is 1.79 bits per heavy atom. The molecule has 0 saturated heterocycles. The van der Waals surface area contributed by atoms with E-state index in [0.29, 0.717) is 23.1 Å². The molecule has 3 rings (SSSR count). The number of nitrogens with one attached hydrogen (secondary N) is 1. The Balaban J connectivity index is 1.65. The third-order valence-corrected chi connectivity index (χ3v) is 4.05. The van der Waals surface area contributed by atoms with Crippen molar-refractivity contribution in [1.82, 2.24) is 4.57 Å². The number of carbonyl (C=O) groups is 1. The van der Waals surface area contributed by atoms with Gasteiger partial charge >= 0.3 is 6.36 Å². The smallest absolute Gasteiger partial charge is 0.483 e. The summed E-state index contributed by atoms with van der Waals surface area (Å²) in [5.41, 5.74) is 0.137. The van der Waals surface area contributed by atoms with Crippen LogP contribution in [0.2, 0.25) is 0 Å². The number of nitrogens with zero attached hydrogens (tertiary/aromatic N) is 1. The molecule has 1 heterocycles. The molecule has 0 radical (unpaired) electrons. The Bertz CT molecular complexity index is 1080. The van der Waals surface area contributed by atoms with E-state index in [1.54, 1.807) is 35.0 Å². The molecular formula is C20H17F3N2O4. The molecule has 0 saturated carbocycles. The van der Waals surface area contributed by atoms with E-state index in [1.807, 2.05) is 6.92 Å². The lowest BCUT2D eigenvalue weighted by atomic mass is 10.1. The Kier molecular flexibility index (Phi) is 5.76. The van der Waals surface area contributed by atoms with Gasteiger partial charge in [-0.15, -0.1) is 13.2 Å². The second-order valence-corrected chi connectivity index (χ2v) is 6.03. The van der Waals surface area contributed by atoms with Gasteiger partial charge in [0.1, 0.15) is 11.5 Å². The number of aryl methyl sites for hydroxylation is 1. The summed E-state index contributed by atoms with van der Waals surface area (Å²) in [7, 11) is 0. The van der Waals surface area contributed by atoms with Crippen LogP contribution in [0.25, 0.3) is 10.8 Å². The summed E-state index contributed by atoms with van der Waals surface area (Å²) in [5, 5.41) is 3.58. The SMILES string of the molecule is CCn1ccc2c(OCC(=O)Nc3ccc(OC(F)(F)F)cc3)cccc2c1=O. The van der Waals surface area contributed by atoms with Crippen molar-refractivity contribution in [3.8, 4) is 11.5 Å². The fraction of sp³-hybridized carbons (Fsp3) is 0.200. The molecule has 152 valence electrons. The minimum absolute atomic E-state index is 0.152. The lowest BCUT2D eigenvalue weighted by molar-refractivity contribution is -0.274. The molecular weight excluding hydrogens is 389 g/mol. The maximum atomic E-state index is 12.4. The number of anilines is 1. The Morgan fingerprint density at radius 1 is 1.07 bits per heavy atom. The molecule has 29 heavy (non-hydrogen) atoms. The molecule has 9 heteroatoms. The largest absolute Gasteiger partial charge is 0.573 e. The summed E-state index contributed by atoms with van der Waals surface area (Å²) in [6, 6.07) is 11.5. The van der Waals surface area contributed by atoms with Crippen LogP contribution in [0, 0.1) is 0 Å². The van der Waals surface area contributed by atoms with Crippen molar-refractivity contribution in [3.05, 3.63) is 65.1 Å². The molecule has 1 aromatic heterocycles. The van der Waals surface area contributed by atoms with Gasteiger partial charge in [0.05, 0.1) is 5.39 Å². The van der Waals surface area contributed by atoms with Gasteiger partial charge in [0.2, 0.25) is 0 Å². The number of alkyl halides is 3. The minimum Gasteiger partial charge on any atom is -0.483 e. The number of fused-ring (bicyclic) bond motifs is 1. The number of benzene rings is 2. The molecule has 0 aliphatic heterocycles. The number of hydrogen-bond donors (Lipinski definition) is 1. The summed E-state index contributed by atoms with van der Waals surface area (Å²) < 4.78 is 47.4. The highest BCUT2D eigenvalue weighted by atomic mass is 19.4. The molecule has 2 aromatic carbocycles. The number of pyridine rings is 1. The Morgan fingerprint density at radius 3 is 2.45 bits per heavy atom. The highest BCUT2D eigenvalue weighted by Gasteiger charge is 2.30. The average Bonchev–Trinajstić information content (AvgIpc) is 2.67. The van der Waals surface area contributed by atoms with Crippen molar-refractivity contribution in [2.45, 2.75) is 19.8 Å². The number of hydrogen-bond acceptors (Lipinski definition) is 4. The van der Waals surface area contributed by atoms with E-state index in [-0.39, 0.29) is 23.6 Å². The van der Waals surface area contributed by atoms with Crippen molar-refractivity contribution in [1.29, 1.82) is 0 Å². The third-order valence-electron chi connectivity index (χ3n) is 4.05. The van der Waals surface area contributed by atoms with E-state index in [9.17, 15) is 22.8 Å². The first-order chi connectivity index (χ1) is 13.8. The van der Waals surface area contributed by atoms with Gasteiger partial charge in [-0.2, -0.15) is 0 Å². The van der Waals surface area contributed by atoms with Crippen LogP contribution in [0.1, 0.15) is 6.92 Å². The summed E-state index contributed by atoms with van der Waals surface area (Å²) in [6.45, 7) is 2.06. The number of carbonyl (C=O) groups excluding carboxylic acids is 1. The van der Waals surface area contributed by atoms with E-state index in [4.69, 9.17) is 4.74 Å². The van der Waals surface area contributed by atoms with Crippen LogP contribution in [-0.2, 0) is 11.3 Å². The zero-order valence-corrected chi connectivity index (χ0v) is 15.3. The molecule has 0 aliphatic carbocycles. The van der Waals surface area contributed by atoms with Gasteiger partial charge in [0, 0.05) is 23.8 Å². The number of halogens is 3. The van der Waals surface area contributed by atoms with Crippen LogP contribution < -0.4 is 20.3 Å². The maximum absolute atomic E-state index is 12.4. The van der Waals surface area contributed by atoms with Crippen molar-refractivity contribution >= 4 is 22.4 Å². The summed E-state index contributed by atoms with van der Waals surface area (Å²) in [4.78, 5) is 24.4. The fourth-order valence-electron chi connectivity index (χ4n) is 2.74. The van der Waals surface area contributed by atoms with Crippen LogP contribution in [0.3, 0.4) is 0 Å². The van der Waals surface area contributed by atoms with Crippen LogP contribution >= 0.6 is 0 Å².